The minimum absolute atomic E-state index is 0.381. The Bertz CT molecular complexity index is 510. The molecular formula is C17H25N3S. The van der Waals surface area contributed by atoms with Gasteiger partial charge in [0.05, 0.1) is 10.6 Å². The highest BCUT2D eigenvalue weighted by atomic mass is 32.1. The number of nitrogens with zero attached hydrogens (tertiary/aromatic N) is 2. The van der Waals surface area contributed by atoms with Gasteiger partial charge < -0.3 is 5.32 Å². The van der Waals surface area contributed by atoms with Gasteiger partial charge >= 0.3 is 0 Å². The summed E-state index contributed by atoms with van der Waals surface area (Å²) in [6, 6.07) is 11.1. The molecule has 0 aliphatic rings. The first-order valence-corrected chi connectivity index (χ1v) is 8.70. The lowest BCUT2D eigenvalue weighted by atomic mass is 10.0. The highest BCUT2D eigenvalue weighted by molar-refractivity contribution is 7.05. The van der Waals surface area contributed by atoms with E-state index in [1.807, 2.05) is 0 Å². The molecule has 3 nitrogen and oxygen atoms in total. The van der Waals surface area contributed by atoms with E-state index in [0.717, 1.165) is 38.6 Å². The lowest BCUT2D eigenvalue weighted by Gasteiger charge is -2.17. The fourth-order valence-electron chi connectivity index (χ4n) is 2.49. The Kier molecular flexibility index (Phi) is 6.83. The zero-order valence-corrected chi connectivity index (χ0v) is 13.8. The smallest absolute Gasteiger partial charge is 0.0803 e. The maximum absolute atomic E-state index is 4.32. The molecule has 0 aliphatic heterocycles. The highest BCUT2D eigenvalue weighted by Crippen LogP contribution is 2.25. The second kappa shape index (κ2) is 8.90. The summed E-state index contributed by atoms with van der Waals surface area (Å²) in [6.45, 7) is 5.45. The van der Waals surface area contributed by atoms with Gasteiger partial charge in [-0.3, -0.25) is 0 Å². The van der Waals surface area contributed by atoms with Gasteiger partial charge in [0.25, 0.3) is 0 Å². The van der Waals surface area contributed by atoms with Gasteiger partial charge in [0.1, 0.15) is 0 Å². The molecule has 0 bridgehead atoms. The van der Waals surface area contributed by atoms with Gasteiger partial charge in [-0.1, -0.05) is 55.1 Å². The summed E-state index contributed by atoms with van der Waals surface area (Å²) < 4.78 is 4.18. The SMILES string of the molecule is CCCNC(CCc1ccccc1)c1snnc1CCC. The molecule has 0 aliphatic carbocycles. The average molecular weight is 303 g/mol. The number of aryl methyl sites for hydroxylation is 2. The quantitative estimate of drug-likeness (QED) is 0.755. The van der Waals surface area contributed by atoms with E-state index in [1.54, 1.807) is 11.5 Å². The number of benzene rings is 1. The first-order chi connectivity index (χ1) is 10.3. The van der Waals surface area contributed by atoms with E-state index in [2.05, 4.69) is 59.1 Å². The second-order valence-corrected chi connectivity index (χ2v) is 6.15. The molecule has 1 aromatic heterocycles. The van der Waals surface area contributed by atoms with Crippen molar-refractivity contribution < 1.29 is 0 Å². The minimum Gasteiger partial charge on any atom is -0.309 e. The van der Waals surface area contributed by atoms with E-state index in [1.165, 1.54) is 16.1 Å². The van der Waals surface area contributed by atoms with Gasteiger partial charge in [-0.15, -0.1) is 5.10 Å². The lowest BCUT2D eigenvalue weighted by molar-refractivity contribution is 0.501. The Morgan fingerprint density at radius 1 is 1.10 bits per heavy atom. The van der Waals surface area contributed by atoms with Gasteiger partial charge in [0.15, 0.2) is 0 Å². The standard InChI is InChI=1S/C17H25N3S/c1-3-8-16-17(21-20-19-16)15(18-13-4-2)12-11-14-9-6-5-7-10-14/h5-7,9-10,15,18H,3-4,8,11-13H2,1-2H3. The topological polar surface area (TPSA) is 37.8 Å². The van der Waals surface area contributed by atoms with Crippen molar-refractivity contribution in [3.8, 4) is 0 Å². The fraction of sp³-hybridized carbons (Fsp3) is 0.529. The van der Waals surface area contributed by atoms with E-state index >= 15 is 0 Å². The van der Waals surface area contributed by atoms with Crippen molar-refractivity contribution >= 4 is 11.5 Å². The monoisotopic (exact) mass is 303 g/mol. The third-order valence-corrected chi connectivity index (χ3v) is 4.47. The van der Waals surface area contributed by atoms with Crippen LogP contribution in [0, 0.1) is 0 Å². The third-order valence-electron chi connectivity index (χ3n) is 3.59. The molecule has 1 atom stereocenters. The number of aromatic nitrogens is 2. The van der Waals surface area contributed by atoms with Crippen LogP contribution >= 0.6 is 11.5 Å². The van der Waals surface area contributed by atoms with Crippen molar-refractivity contribution in [2.75, 3.05) is 6.54 Å². The van der Waals surface area contributed by atoms with Crippen molar-refractivity contribution in [1.29, 1.82) is 0 Å². The van der Waals surface area contributed by atoms with Gasteiger partial charge in [-0.25, -0.2) is 0 Å². The summed E-state index contributed by atoms with van der Waals surface area (Å²) in [7, 11) is 0. The summed E-state index contributed by atoms with van der Waals surface area (Å²) in [4.78, 5) is 1.33. The summed E-state index contributed by atoms with van der Waals surface area (Å²) in [6.07, 6.45) is 5.49. The Balaban J connectivity index is 2.04. The van der Waals surface area contributed by atoms with Gasteiger partial charge in [-0.2, -0.15) is 0 Å². The van der Waals surface area contributed by atoms with E-state index < -0.39 is 0 Å². The van der Waals surface area contributed by atoms with Gasteiger partial charge in [0.2, 0.25) is 0 Å². The highest BCUT2D eigenvalue weighted by Gasteiger charge is 2.18. The first-order valence-electron chi connectivity index (χ1n) is 7.93. The van der Waals surface area contributed by atoms with Crippen molar-refractivity contribution in [3.63, 3.8) is 0 Å². The lowest BCUT2D eigenvalue weighted by Crippen LogP contribution is -2.23. The van der Waals surface area contributed by atoms with Crippen LogP contribution in [0.5, 0.6) is 0 Å². The Hall–Kier alpha value is -1.26. The van der Waals surface area contributed by atoms with Crippen LogP contribution in [0.4, 0.5) is 0 Å². The largest absolute Gasteiger partial charge is 0.309 e. The third kappa shape index (κ3) is 4.90. The van der Waals surface area contributed by atoms with Gasteiger partial charge in [-0.05, 0) is 49.3 Å². The molecule has 0 fully saturated rings. The van der Waals surface area contributed by atoms with Crippen molar-refractivity contribution in [2.24, 2.45) is 0 Å². The number of rotatable bonds is 9. The molecule has 2 aromatic rings. The molecule has 21 heavy (non-hydrogen) atoms. The zero-order chi connectivity index (χ0) is 14.9. The fourth-order valence-corrected chi connectivity index (χ4v) is 3.29. The molecular weight excluding hydrogens is 278 g/mol. The van der Waals surface area contributed by atoms with Crippen LogP contribution in [-0.2, 0) is 12.8 Å². The minimum atomic E-state index is 0.381. The average Bonchev–Trinajstić information content (AvgIpc) is 2.97. The van der Waals surface area contributed by atoms with Crippen LogP contribution in [0.2, 0.25) is 0 Å². The Morgan fingerprint density at radius 2 is 1.90 bits per heavy atom. The van der Waals surface area contributed by atoms with Crippen LogP contribution in [0.15, 0.2) is 30.3 Å². The Labute approximate surface area is 132 Å². The zero-order valence-electron chi connectivity index (χ0n) is 13.0. The van der Waals surface area contributed by atoms with Crippen molar-refractivity contribution in [3.05, 3.63) is 46.5 Å². The molecule has 4 heteroatoms. The van der Waals surface area contributed by atoms with Crippen LogP contribution in [0.25, 0.3) is 0 Å². The van der Waals surface area contributed by atoms with Crippen molar-refractivity contribution in [1.82, 2.24) is 14.9 Å². The summed E-state index contributed by atoms with van der Waals surface area (Å²) >= 11 is 1.56. The molecule has 2 rings (SSSR count). The van der Waals surface area contributed by atoms with Crippen molar-refractivity contribution in [2.45, 2.75) is 52.0 Å². The van der Waals surface area contributed by atoms with E-state index in [9.17, 15) is 0 Å². The molecule has 114 valence electrons. The van der Waals surface area contributed by atoms with Crippen LogP contribution < -0.4 is 5.32 Å². The molecule has 0 amide bonds. The summed E-state index contributed by atoms with van der Waals surface area (Å²) in [5.41, 5.74) is 2.58. The molecule has 0 saturated carbocycles. The maximum atomic E-state index is 4.32. The molecule has 0 saturated heterocycles. The first kappa shape index (κ1) is 16.1. The van der Waals surface area contributed by atoms with Gasteiger partial charge in [0, 0.05) is 6.04 Å². The Morgan fingerprint density at radius 3 is 2.62 bits per heavy atom. The number of nitrogens with one attached hydrogen (secondary N) is 1. The predicted octanol–water partition coefficient (Wildman–Crippen LogP) is 4.16. The van der Waals surface area contributed by atoms with E-state index in [-0.39, 0.29) is 0 Å². The molecule has 0 radical (unpaired) electrons. The normalized spacial score (nSPS) is 12.5. The molecule has 1 heterocycles. The predicted molar refractivity (Wildman–Crippen MR) is 89.7 cm³/mol. The molecule has 0 spiro atoms. The molecule has 1 unspecified atom stereocenters. The summed E-state index contributed by atoms with van der Waals surface area (Å²) in [5, 5.41) is 7.99. The molecule has 1 N–H and O–H groups in total. The number of hydrogen-bond acceptors (Lipinski definition) is 4. The number of hydrogen-bond donors (Lipinski definition) is 1. The second-order valence-electron chi connectivity index (χ2n) is 5.36. The van der Waals surface area contributed by atoms with Crippen LogP contribution in [0.1, 0.15) is 55.3 Å². The summed E-state index contributed by atoms with van der Waals surface area (Å²) in [5.74, 6) is 0. The van der Waals surface area contributed by atoms with Crippen LogP contribution in [-0.4, -0.2) is 16.1 Å². The van der Waals surface area contributed by atoms with E-state index in [4.69, 9.17) is 0 Å². The van der Waals surface area contributed by atoms with E-state index in [0.29, 0.717) is 6.04 Å². The molecule has 1 aromatic carbocycles. The van der Waals surface area contributed by atoms with Crippen LogP contribution in [0.3, 0.4) is 0 Å². The maximum Gasteiger partial charge on any atom is 0.0803 e.